The summed E-state index contributed by atoms with van der Waals surface area (Å²) < 4.78 is 37.5. The molecule has 0 saturated heterocycles. The minimum absolute atomic E-state index is 0.227. The molecular weight excluding hydrogens is 215 g/mol. The maximum Gasteiger partial charge on any atom is 0.416 e. The fraction of sp³-hybridized carbons (Fsp3) is 0.250. The largest absolute Gasteiger partial charge is 0.416 e. The van der Waals surface area contributed by atoms with Crippen LogP contribution >= 0.6 is 0 Å². The molecule has 1 aromatic rings. The number of pyridine rings is 1. The van der Waals surface area contributed by atoms with E-state index in [2.05, 4.69) is 4.98 Å². The molecule has 1 unspecified atom stereocenters. The number of nitrogens with zero attached hydrogens (tertiary/aromatic N) is 1. The van der Waals surface area contributed by atoms with Gasteiger partial charge in [-0.1, -0.05) is 24.3 Å². The molecule has 0 fully saturated rings. The van der Waals surface area contributed by atoms with Crippen LogP contribution in [0.4, 0.5) is 13.2 Å². The van der Waals surface area contributed by atoms with Crippen molar-refractivity contribution in [2.45, 2.75) is 18.5 Å². The second kappa shape index (κ2) is 4.12. The summed E-state index contributed by atoms with van der Waals surface area (Å²) in [6.07, 6.45) is 3.48. The van der Waals surface area contributed by atoms with Crippen molar-refractivity contribution in [1.29, 1.82) is 0 Å². The van der Waals surface area contributed by atoms with Crippen LogP contribution in [0.2, 0.25) is 0 Å². The second-order valence-electron chi connectivity index (χ2n) is 3.65. The van der Waals surface area contributed by atoms with Gasteiger partial charge in [0.05, 0.1) is 5.57 Å². The highest BCUT2D eigenvalue weighted by molar-refractivity contribution is 5.34. The minimum atomic E-state index is -4.27. The normalized spacial score (nSPS) is 20.7. The molecule has 16 heavy (non-hydrogen) atoms. The Balaban J connectivity index is 2.27. The molecular formula is C12H10F3N. The highest BCUT2D eigenvalue weighted by Crippen LogP contribution is 2.34. The first-order chi connectivity index (χ1) is 7.57. The van der Waals surface area contributed by atoms with Gasteiger partial charge >= 0.3 is 6.18 Å². The quantitative estimate of drug-likeness (QED) is 0.711. The minimum Gasteiger partial charge on any atom is -0.264 e. The predicted molar refractivity (Wildman–Crippen MR) is 54.9 cm³/mol. The van der Waals surface area contributed by atoms with Crippen molar-refractivity contribution in [3.63, 3.8) is 0 Å². The van der Waals surface area contributed by atoms with Gasteiger partial charge in [-0.25, -0.2) is 0 Å². The summed E-state index contributed by atoms with van der Waals surface area (Å²) in [5, 5.41) is 0. The molecule has 0 spiro atoms. The maximum atomic E-state index is 12.5. The summed E-state index contributed by atoms with van der Waals surface area (Å²) in [6.45, 7) is 0. The van der Waals surface area contributed by atoms with Crippen LogP contribution in [0.15, 0.2) is 48.3 Å². The first-order valence-corrected chi connectivity index (χ1v) is 4.93. The Kier molecular flexibility index (Phi) is 2.81. The van der Waals surface area contributed by atoms with Gasteiger partial charge in [0, 0.05) is 18.3 Å². The van der Waals surface area contributed by atoms with Crippen LogP contribution in [-0.2, 0) is 0 Å². The number of alkyl halides is 3. The van der Waals surface area contributed by atoms with Gasteiger partial charge < -0.3 is 0 Å². The van der Waals surface area contributed by atoms with Crippen LogP contribution in [0.3, 0.4) is 0 Å². The van der Waals surface area contributed by atoms with Crippen molar-refractivity contribution < 1.29 is 13.2 Å². The number of halogens is 3. The van der Waals surface area contributed by atoms with E-state index in [1.807, 2.05) is 0 Å². The zero-order valence-corrected chi connectivity index (χ0v) is 8.41. The van der Waals surface area contributed by atoms with E-state index in [9.17, 15) is 13.2 Å². The van der Waals surface area contributed by atoms with Crippen molar-refractivity contribution in [1.82, 2.24) is 4.98 Å². The molecule has 1 atom stereocenters. The molecule has 0 aromatic carbocycles. The Bertz CT molecular complexity index is 418. The van der Waals surface area contributed by atoms with E-state index >= 15 is 0 Å². The summed E-state index contributed by atoms with van der Waals surface area (Å²) in [7, 11) is 0. The fourth-order valence-electron chi connectivity index (χ4n) is 1.70. The van der Waals surface area contributed by atoms with Crippen LogP contribution in [0.1, 0.15) is 17.9 Å². The molecule has 84 valence electrons. The van der Waals surface area contributed by atoms with E-state index in [0.29, 0.717) is 6.42 Å². The fourth-order valence-corrected chi connectivity index (χ4v) is 1.70. The van der Waals surface area contributed by atoms with Crippen LogP contribution in [-0.4, -0.2) is 11.2 Å². The van der Waals surface area contributed by atoms with Gasteiger partial charge in [-0.2, -0.15) is 13.2 Å². The number of rotatable bonds is 1. The van der Waals surface area contributed by atoms with Gasteiger partial charge in [0.15, 0.2) is 0 Å². The molecule has 0 saturated carbocycles. The van der Waals surface area contributed by atoms with Crippen LogP contribution < -0.4 is 0 Å². The lowest BCUT2D eigenvalue weighted by Gasteiger charge is -2.18. The number of hydrogen-bond donors (Lipinski definition) is 0. The van der Waals surface area contributed by atoms with Crippen molar-refractivity contribution in [3.05, 3.63) is 53.9 Å². The molecule has 2 rings (SSSR count). The third kappa shape index (κ3) is 2.32. The molecule has 1 heterocycles. The molecule has 0 amide bonds. The maximum absolute atomic E-state index is 12.5. The molecule has 1 aromatic heterocycles. The number of allylic oxidation sites excluding steroid dienone is 4. The first kappa shape index (κ1) is 10.9. The average molecular weight is 225 g/mol. The third-order valence-corrected chi connectivity index (χ3v) is 2.51. The van der Waals surface area contributed by atoms with Crippen LogP contribution in [0.5, 0.6) is 0 Å². The molecule has 1 aliphatic rings. The topological polar surface area (TPSA) is 12.9 Å². The van der Waals surface area contributed by atoms with E-state index in [1.165, 1.54) is 6.08 Å². The van der Waals surface area contributed by atoms with Crippen LogP contribution in [0, 0.1) is 0 Å². The summed E-state index contributed by atoms with van der Waals surface area (Å²) >= 11 is 0. The van der Waals surface area contributed by atoms with Gasteiger partial charge in [0.2, 0.25) is 0 Å². The Morgan fingerprint density at radius 2 is 2.12 bits per heavy atom. The zero-order valence-electron chi connectivity index (χ0n) is 8.41. The molecule has 0 bridgehead atoms. The second-order valence-corrected chi connectivity index (χ2v) is 3.65. The molecule has 0 radical (unpaired) electrons. The molecule has 0 N–H and O–H groups in total. The van der Waals surface area contributed by atoms with Gasteiger partial charge in [-0.05, 0) is 18.1 Å². The summed E-state index contributed by atoms with van der Waals surface area (Å²) in [6, 6.07) is 3.52. The highest BCUT2D eigenvalue weighted by atomic mass is 19.4. The highest BCUT2D eigenvalue weighted by Gasteiger charge is 2.33. The zero-order chi connectivity index (χ0) is 11.6. The number of aromatic nitrogens is 1. The van der Waals surface area contributed by atoms with Crippen molar-refractivity contribution >= 4 is 0 Å². The first-order valence-electron chi connectivity index (χ1n) is 4.93. The van der Waals surface area contributed by atoms with Crippen LogP contribution in [0.25, 0.3) is 0 Å². The van der Waals surface area contributed by atoms with E-state index in [0.717, 1.165) is 11.6 Å². The Hall–Kier alpha value is -1.58. The van der Waals surface area contributed by atoms with E-state index in [4.69, 9.17) is 0 Å². The monoisotopic (exact) mass is 225 g/mol. The standard InChI is InChI=1S/C12H10F3N/c13-12(14,15)11-5-1-3-9(7-11)10-4-2-6-16-8-10/h1-2,4-9H,3H2. The summed E-state index contributed by atoms with van der Waals surface area (Å²) in [5.74, 6) is -0.227. The summed E-state index contributed by atoms with van der Waals surface area (Å²) in [4.78, 5) is 3.91. The molecule has 1 nitrogen and oxygen atoms in total. The Morgan fingerprint density at radius 1 is 1.31 bits per heavy atom. The molecule has 0 aliphatic heterocycles. The molecule has 1 aliphatic carbocycles. The lowest BCUT2D eigenvalue weighted by Crippen LogP contribution is -2.13. The lowest BCUT2D eigenvalue weighted by molar-refractivity contribution is -0.0887. The lowest BCUT2D eigenvalue weighted by atomic mass is 9.90. The molecule has 4 heteroatoms. The van der Waals surface area contributed by atoms with Crippen molar-refractivity contribution in [3.8, 4) is 0 Å². The van der Waals surface area contributed by atoms with E-state index in [1.54, 1.807) is 30.6 Å². The number of hydrogen-bond acceptors (Lipinski definition) is 1. The van der Waals surface area contributed by atoms with Gasteiger partial charge in [-0.15, -0.1) is 0 Å². The third-order valence-electron chi connectivity index (χ3n) is 2.51. The summed E-state index contributed by atoms with van der Waals surface area (Å²) in [5.41, 5.74) is 0.237. The predicted octanol–water partition coefficient (Wildman–Crippen LogP) is 3.61. The Morgan fingerprint density at radius 3 is 2.75 bits per heavy atom. The van der Waals surface area contributed by atoms with Crippen molar-refractivity contribution in [2.24, 2.45) is 0 Å². The van der Waals surface area contributed by atoms with Gasteiger partial charge in [0.25, 0.3) is 0 Å². The van der Waals surface area contributed by atoms with Gasteiger partial charge in [-0.3, -0.25) is 4.98 Å². The van der Waals surface area contributed by atoms with Crippen molar-refractivity contribution in [2.75, 3.05) is 0 Å². The SMILES string of the molecule is FC(F)(F)C1=CC(c2cccnc2)CC=C1. The van der Waals surface area contributed by atoms with Gasteiger partial charge in [0.1, 0.15) is 0 Å². The van der Waals surface area contributed by atoms with E-state index < -0.39 is 11.7 Å². The van der Waals surface area contributed by atoms with E-state index in [-0.39, 0.29) is 5.92 Å². The smallest absolute Gasteiger partial charge is 0.264 e. The average Bonchev–Trinajstić information content (AvgIpc) is 2.29. The Labute approximate surface area is 91.3 Å².